The molecule has 0 bridgehead atoms. The lowest BCUT2D eigenvalue weighted by Gasteiger charge is -2.40. The van der Waals surface area contributed by atoms with E-state index in [4.69, 9.17) is 9.47 Å². The largest absolute Gasteiger partial charge is 0.388 e. The minimum Gasteiger partial charge on any atom is -0.388 e. The van der Waals surface area contributed by atoms with Crippen LogP contribution >= 0.6 is 0 Å². The fraction of sp³-hybridized carbons (Fsp3) is 0.929. The summed E-state index contributed by atoms with van der Waals surface area (Å²) in [5.41, 5.74) is 0. The van der Waals surface area contributed by atoms with Gasteiger partial charge in [0.2, 0.25) is 5.91 Å². The molecule has 4 N–H and O–H groups in total. The van der Waals surface area contributed by atoms with Crippen LogP contribution in [0, 0.1) is 0 Å². The quantitative estimate of drug-likeness (QED) is 0.451. The molecule has 0 aromatic rings. The van der Waals surface area contributed by atoms with Crippen molar-refractivity contribution in [3.05, 3.63) is 0 Å². The fourth-order valence-corrected chi connectivity index (χ4v) is 2.17. The van der Waals surface area contributed by atoms with Crippen molar-refractivity contribution in [2.45, 2.75) is 70.2 Å². The smallest absolute Gasteiger partial charge is 0.220 e. The number of rotatable bonds is 8. The molecule has 5 atom stereocenters. The normalized spacial score (nSPS) is 32.9. The standard InChI is InChI=1S/C14H27NO6/c1-3-5-7-20-8-9-12(17)13(18)11(14(19)21-9)15-10(16)6-4-2/h9,11-14,17-19H,3-8H2,1-2H3,(H,15,16)/t9-,11-,12-,13-,14?/m1/s1. The Morgan fingerprint density at radius 3 is 2.52 bits per heavy atom. The van der Waals surface area contributed by atoms with Crippen LogP contribution in [0.1, 0.15) is 39.5 Å². The summed E-state index contributed by atoms with van der Waals surface area (Å²) in [4.78, 5) is 11.5. The Labute approximate surface area is 125 Å². The Balaban J connectivity index is 2.49. The summed E-state index contributed by atoms with van der Waals surface area (Å²) in [5.74, 6) is -0.297. The third-order valence-corrected chi connectivity index (χ3v) is 3.45. The number of unbranched alkanes of at least 4 members (excludes halogenated alkanes) is 1. The Kier molecular flexibility index (Phi) is 8.13. The average Bonchev–Trinajstić information content (AvgIpc) is 2.45. The van der Waals surface area contributed by atoms with Gasteiger partial charge < -0.3 is 30.1 Å². The van der Waals surface area contributed by atoms with Gasteiger partial charge in [0.25, 0.3) is 0 Å². The number of nitrogens with one attached hydrogen (secondary N) is 1. The number of aliphatic hydroxyl groups is 3. The van der Waals surface area contributed by atoms with Crippen molar-refractivity contribution in [1.82, 2.24) is 5.32 Å². The molecule has 21 heavy (non-hydrogen) atoms. The van der Waals surface area contributed by atoms with Crippen molar-refractivity contribution in [2.24, 2.45) is 0 Å². The summed E-state index contributed by atoms with van der Waals surface area (Å²) in [6.45, 7) is 4.51. The number of hydrogen-bond acceptors (Lipinski definition) is 6. The number of ether oxygens (including phenoxy) is 2. The molecule has 1 unspecified atom stereocenters. The highest BCUT2D eigenvalue weighted by molar-refractivity contribution is 5.76. The Hall–Kier alpha value is -0.730. The van der Waals surface area contributed by atoms with E-state index >= 15 is 0 Å². The van der Waals surface area contributed by atoms with Crippen molar-refractivity contribution in [2.75, 3.05) is 13.2 Å². The van der Waals surface area contributed by atoms with E-state index in [-0.39, 0.29) is 18.9 Å². The summed E-state index contributed by atoms with van der Waals surface area (Å²) in [7, 11) is 0. The number of hydrogen-bond donors (Lipinski definition) is 4. The minimum absolute atomic E-state index is 0.0882. The zero-order chi connectivity index (χ0) is 15.8. The second kappa shape index (κ2) is 9.32. The molecule has 1 rings (SSSR count). The van der Waals surface area contributed by atoms with Crippen LogP contribution in [0.5, 0.6) is 0 Å². The van der Waals surface area contributed by atoms with Crippen molar-refractivity contribution >= 4 is 5.91 Å². The van der Waals surface area contributed by atoms with Crippen LogP contribution in [-0.4, -0.2) is 65.1 Å². The summed E-state index contributed by atoms with van der Waals surface area (Å²) < 4.78 is 10.6. The van der Waals surface area contributed by atoms with Gasteiger partial charge in [0.05, 0.1) is 6.61 Å². The molecular weight excluding hydrogens is 278 g/mol. The first-order valence-electron chi connectivity index (χ1n) is 7.58. The molecule has 1 amide bonds. The highest BCUT2D eigenvalue weighted by Gasteiger charge is 2.44. The number of carbonyl (C=O) groups is 1. The molecule has 0 aliphatic carbocycles. The highest BCUT2D eigenvalue weighted by atomic mass is 16.6. The van der Waals surface area contributed by atoms with E-state index in [1.807, 2.05) is 13.8 Å². The fourth-order valence-electron chi connectivity index (χ4n) is 2.17. The van der Waals surface area contributed by atoms with Crippen LogP contribution < -0.4 is 5.32 Å². The van der Waals surface area contributed by atoms with Crippen molar-refractivity contribution in [3.63, 3.8) is 0 Å². The highest BCUT2D eigenvalue weighted by Crippen LogP contribution is 2.20. The molecule has 0 radical (unpaired) electrons. The van der Waals surface area contributed by atoms with E-state index in [0.29, 0.717) is 13.0 Å². The average molecular weight is 305 g/mol. The Morgan fingerprint density at radius 1 is 1.19 bits per heavy atom. The molecule has 0 saturated carbocycles. The SMILES string of the molecule is CCCCOC[C@H]1OC(O)[C@H](NC(=O)CCC)[C@@H](O)[C@@H]1O. The van der Waals surface area contributed by atoms with Gasteiger partial charge in [-0.15, -0.1) is 0 Å². The lowest BCUT2D eigenvalue weighted by Crippen LogP contribution is -2.64. The van der Waals surface area contributed by atoms with Crippen molar-refractivity contribution < 1.29 is 29.6 Å². The van der Waals surface area contributed by atoms with E-state index in [0.717, 1.165) is 12.8 Å². The zero-order valence-electron chi connectivity index (χ0n) is 12.7. The third kappa shape index (κ3) is 5.52. The first kappa shape index (κ1) is 18.3. The van der Waals surface area contributed by atoms with Gasteiger partial charge in [-0.05, 0) is 12.8 Å². The lowest BCUT2D eigenvalue weighted by atomic mass is 9.97. The predicted molar refractivity (Wildman–Crippen MR) is 75.5 cm³/mol. The molecule has 1 saturated heterocycles. The van der Waals surface area contributed by atoms with Crippen LogP contribution in [-0.2, 0) is 14.3 Å². The van der Waals surface area contributed by atoms with Crippen LogP contribution in [0.15, 0.2) is 0 Å². The van der Waals surface area contributed by atoms with Gasteiger partial charge in [-0.3, -0.25) is 4.79 Å². The predicted octanol–water partition coefficient (Wildman–Crippen LogP) is -0.473. The molecule has 7 nitrogen and oxygen atoms in total. The Bertz CT molecular complexity index is 314. The van der Waals surface area contributed by atoms with E-state index in [2.05, 4.69) is 5.32 Å². The van der Waals surface area contributed by atoms with E-state index in [9.17, 15) is 20.1 Å². The maximum absolute atomic E-state index is 11.5. The maximum atomic E-state index is 11.5. The number of carbonyl (C=O) groups excluding carboxylic acids is 1. The van der Waals surface area contributed by atoms with Gasteiger partial charge >= 0.3 is 0 Å². The molecule has 0 spiro atoms. The van der Waals surface area contributed by atoms with Gasteiger partial charge in [0, 0.05) is 13.0 Å². The first-order valence-corrected chi connectivity index (χ1v) is 7.58. The molecule has 0 aromatic carbocycles. The molecule has 1 aliphatic heterocycles. The van der Waals surface area contributed by atoms with E-state index < -0.39 is 30.6 Å². The molecule has 124 valence electrons. The van der Waals surface area contributed by atoms with Gasteiger partial charge in [-0.25, -0.2) is 0 Å². The second-order valence-electron chi connectivity index (χ2n) is 5.32. The summed E-state index contributed by atoms with van der Waals surface area (Å²) in [6.07, 6.45) is -1.88. The molecular formula is C14H27NO6. The molecule has 7 heteroatoms. The first-order chi connectivity index (χ1) is 10.0. The van der Waals surface area contributed by atoms with Crippen LogP contribution in [0.25, 0.3) is 0 Å². The molecule has 1 heterocycles. The molecule has 0 aromatic heterocycles. The Morgan fingerprint density at radius 2 is 1.90 bits per heavy atom. The zero-order valence-corrected chi connectivity index (χ0v) is 12.7. The van der Waals surface area contributed by atoms with Gasteiger partial charge in [0.1, 0.15) is 24.4 Å². The summed E-state index contributed by atoms with van der Waals surface area (Å²) >= 11 is 0. The summed E-state index contributed by atoms with van der Waals surface area (Å²) in [6, 6.07) is -1.04. The summed E-state index contributed by atoms with van der Waals surface area (Å²) in [5, 5.41) is 32.4. The van der Waals surface area contributed by atoms with E-state index in [1.165, 1.54) is 0 Å². The van der Waals surface area contributed by atoms with Crippen LogP contribution in [0.4, 0.5) is 0 Å². The van der Waals surface area contributed by atoms with Gasteiger partial charge in [-0.2, -0.15) is 0 Å². The minimum atomic E-state index is -1.37. The van der Waals surface area contributed by atoms with Crippen LogP contribution in [0.3, 0.4) is 0 Å². The number of amides is 1. The second-order valence-corrected chi connectivity index (χ2v) is 5.32. The van der Waals surface area contributed by atoms with Crippen molar-refractivity contribution in [1.29, 1.82) is 0 Å². The van der Waals surface area contributed by atoms with E-state index in [1.54, 1.807) is 0 Å². The van der Waals surface area contributed by atoms with Crippen LogP contribution in [0.2, 0.25) is 0 Å². The lowest BCUT2D eigenvalue weighted by molar-refractivity contribution is -0.256. The topological polar surface area (TPSA) is 108 Å². The monoisotopic (exact) mass is 305 g/mol. The van der Waals surface area contributed by atoms with Gasteiger partial charge in [-0.1, -0.05) is 20.3 Å². The molecule has 1 fully saturated rings. The van der Waals surface area contributed by atoms with Gasteiger partial charge in [0.15, 0.2) is 6.29 Å². The number of aliphatic hydroxyl groups excluding tert-OH is 3. The maximum Gasteiger partial charge on any atom is 0.220 e. The molecule has 1 aliphatic rings. The third-order valence-electron chi connectivity index (χ3n) is 3.45. The van der Waals surface area contributed by atoms with Crippen molar-refractivity contribution in [3.8, 4) is 0 Å².